The smallest absolute Gasteiger partial charge is 0.224 e. The maximum atomic E-state index is 12.3. The lowest BCUT2D eigenvalue weighted by Crippen LogP contribution is -2.26. The lowest BCUT2D eigenvalue weighted by Gasteiger charge is -2.14. The van der Waals surface area contributed by atoms with Crippen molar-refractivity contribution in [2.24, 2.45) is 7.05 Å². The first-order chi connectivity index (χ1) is 10.9. The number of benzene rings is 1. The van der Waals surface area contributed by atoms with Crippen LogP contribution in [0.5, 0.6) is 0 Å². The summed E-state index contributed by atoms with van der Waals surface area (Å²) in [5, 5.41) is 7.39. The van der Waals surface area contributed by atoms with E-state index in [9.17, 15) is 4.79 Å². The Bertz CT molecular complexity index is 688. The van der Waals surface area contributed by atoms with E-state index in [0.29, 0.717) is 13.0 Å². The molecule has 0 aliphatic heterocycles. The molecule has 5 nitrogen and oxygen atoms in total. The molecule has 0 fully saturated rings. The Balaban J connectivity index is 2.00. The van der Waals surface area contributed by atoms with Gasteiger partial charge in [0.05, 0.1) is 12.1 Å². The zero-order valence-electron chi connectivity index (χ0n) is 14.7. The van der Waals surface area contributed by atoms with Crippen LogP contribution in [0.4, 0.5) is 0 Å². The SMILES string of the molecule is Cc1nn(C)c(C)c1CC(=O)NCc1ccccc1CN(C)C. The lowest BCUT2D eigenvalue weighted by atomic mass is 10.1. The first-order valence-electron chi connectivity index (χ1n) is 7.85. The van der Waals surface area contributed by atoms with Crippen LogP contribution in [-0.2, 0) is 31.4 Å². The van der Waals surface area contributed by atoms with Crippen LogP contribution in [-0.4, -0.2) is 34.7 Å². The van der Waals surface area contributed by atoms with Crippen molar-refractivity contribution in [2.75, 3.05) is 14.1 Å². The Hall–Kier alpha value is -2.14. The quantitative estimate of drug-likeness (QED) is 0.887. The second kappa shape index (κ2) is 7.42. The first-order valence-corrected chi connectivity index (χ1v) is 7.85. The van der Waals surface area contributed by atoms with Crippen LogP contribution in [0.3, 0.4) is 0 Å². The summed E-state index contributed by atoms with van der Waals surface area (Å²) in [6, 6.07) is 8.22. The standard InChI is InChI=1S/C18H26N4O/c1-13-17(14(2)22(5)20-13)10-18(23)19-11-15-8-6-7-9-16(15)12-21(3)4/h6-9H,10-12H2,1-5H3,(H,19,23). The van der Waals surface area contributed by atoms with E-state index in [1.54, 1.807) is 0 Å². The van der Waals surface area contributed by atoms with Crippen molar-refractivity contribution in [1.82, 2.24) is 20.0 Å². The van der Waals surface area contributed by atoms with E-state index in [4.69, 9.17) is 0 Å². The van der Waals surface area contributed by atoms with Gasteiger partial charge in [-0.05, 0) is 39.1 Å². The molecule has 0 aliphatic carbocycles. The second-order valence-corrected chi connectivity index (χ2v) is 6.23. The number of nitrogens with zero attached hydrogens (tertiary/aromatic N) is 3. The largest absolute Gasteiger partial charge is 0.352 e. The number of rotatable bonds is 6. The van der Waals surface area contributed by atoms with Crippen molar-refractivity contribution < 1.29 is 4.79 Å². The van der Waals surface area contributed by atoms with Gasteiger partial charge in [0, 0.05) is 31.4 Å². The van der Waals surface area contributed by atoms with E-state index in [0.717, 1.165) is 29.1 Å². The molecule has 0 atom stereocenters. The molecule has 1 amide bonds. The lowest BCUT2D eigenvalue weighted by molar-refractivity contribution is -0.120. The van der Waals surface area contributed by atoms with E-state index in [-0.39, 0.29) is 5.91 Å². The first kappa shape index (κ1) is 17.2. The average molecular weight is 314 g/mol. The monoisotopic (exact) mass is 314 g/mol. The Labute approximate surface area is 138 Å². The normalized spacial score (nSPS) is 11.0. The molecular formula is C18H26N4O. The molecule has 124 valence electrons. The van der Waals surface area contributed by atoms with Gasteiger partial charge in [-0.25, -0.2) is 0 Å². The van der Waals surface area contributed by atoms with Gasteiger partial charge in [-0.2, -0.15) is 5.10 Å². The number of hydrogen-bond donors (Lipinski definition) is 1. The third kappa shape index (κ3) is 4.42. The van der Waals surface area contributed by atoms with E-state index in [2.05, 4.69) is 27.4 Å². The molecule has 5 heteroatoms. The maximum absolute atomic E-state index is 12.3. The van der Waals surface area contributed by atoms with E-state index >= 15 is 0 Å². The van der Waals surface area contributed by atoms with Crippen LogP contribution in [0.25, 0.3) is 0 Å². The summed E-state index contributed by atoms with van der Waals surface area (Å²) in [6.45, 7) is 5.37. The van der Waals surface area contributed by atoms with Crippen molar-refractivity contribution in [3.05, 3.63) is 52.3 Å². The molecule has 0 bridgehead atoms. The Kier molecular flexibility index (Phi) is 5.55. The van der Waals surface area contributed by atoms with Gasteiger partial charge in [-0.15, -0.1) is 0 Å². The summed E-state index contributed by atoms with van der Waals surface area (Å²) < 4.78 is 1.82. The number of aryl methyl sites for hydroxylation is 2. The van der Waals surface area contributed by atoms with E-state index in [1.165, 1.54) is 5.56 Å². The van der Waals surface area contributed by atoms with Crippen LogP contribution in [0.1, 0.15) is 28.1 Å². The summed E-state index contributed by atoms with van der Waals surface area (Å²) in [7, 11) is 5.99. The Morgan fingerprint density at radius 3 is 2.43 bits per heavy atom. The summed E-state index contributed by atoms with van der Waals surface area (Å²) in [5.41, 5.74) is 5.39. The summed E-state index contributed by atoms with van der Waals surface area (Å²) in [4.78, 5) is 14.4. The van der Waals surface area contributed by atoms with Gasteiger partial charge in [0.1, 0.15) is 0 Å². The minimum absolute atomic E-state index is 0.0313. The second-order valence-electron chi connectivity index (χ2n) is 6.23. The van der Waals surface area contributed by atoms with Crippen LogP contribution < -0.4 is 5.32 Å². The van der Waals surface area contributed by atoms with Crippen LogP contribution in [0.2, 0.25) is 0 Å². The molecule has 1 aromatic heterocycles. The summed E-state index contributed by atoms with van der Waals surface area (Å²) in [5.74, 6) is 0.0313. The van der Waals surface area contributed by atoms with Gasteiger partial charge in [-0.1, -0.05) is 24.3 Å². The fourth-order valence-corrected chi connectivity index (χ4v) is 2.72. The Morgan fingerprint density at radius 2 is 1.87 bits per heavy atom. The van der Waals surface area contributed by atoms with E-state index < -0.39 is 0 Å². The molecule has 0 saturated carbocycles. The number of amides is 1. The predicted molar refractivity (Wildman–Crippen MR) is 92.1 cm³/mol. The highest BCUT2D eigenvalue weighted by Gasteiger charge is 2.13. The minimum Gasteiger partial charge on any atom is -0.352 e. The highest BCUT2D eigenvalue weighted by atomic mass is 16.1. The van der Waals surface area contributed by atoms with Gasteiger partial charge in [0.2, 0.25) is 5.91 Å². The van der Waals surface area contributed by atoms with Crippen LogP contribution in [0.15, 0.2) is 24.3 Å². The van der Waals surface area contributed by atoms with E-state index in [1.807, 2.05) is 51.8 Å². The third-order valence-electron chi connectivity index (χ3n) is 4.08. The highest BCUT2D eigenvalue weighted by molar-refractivity contribution is 5.79. The maximum Gasteiger partial charge on any atom is 0.224 e. The molecule has 1 N–H and O–H groups in total. The summed E-state index contributed by atoms with van der Waals surface area (Å²) in [6.07, 6.45) is 0.376. The average Bonchev–Trinajstić information content (AvgIpc) is 2.72. The van der Waals surface area contributed by atoms with Gasteiger partial charge >= 0.3 is 0 Å². The molecule has 0 saturated heterocycles. The van der Waals surface area contributed by atoms with Crippen molar-refractivity contribution in [2.45, 2.75) is 33.4 Å². The molecule has 2 aromatic rings. The summed E-state index contributed by atoms with van der Waals surface area (Å²) >= 11 is 0. The molecule has 0 unspecified atom stereocenters. The number of nitrogens with one attached hydrogen (secondary N) is 1. The molecule has 0 aliphatic rings. The Morgan fingerprint density at radius 1 is 1.22 bits per heavy atom. The number of carbonyl (C=O) groups excluding carboxylic acids is 1. The predicted octanol–water partition coefficient (Wildman–Crippen LogP) is 1.96. The molecule has 23 heavy (non-hydrogen) atoms. The molecule has 0 spiro atoms. The van der Waals surface area contributed by atoms with Crippen LogP contribution >= 0.6 is 0 Å². The number of hydrogen-bond acceptors (Lipinski definition) is 3. The molecule has 1 heterocycles. The van der Waals surface area contributed by atoms with Crippen LogP contribution in [0, 0.1) is 13.8 Å². The topological polar surface area (TPSA) is 50.2 Å². The fraction of sp³-hybridized carbons (Fsp3) is 0.444. The van der Waals surface area contributed by atoms with Crippen molar-refractivity contribution in [3.63, 3.8) is 0 Å². The molecule has 0 radical (unpaired) electrons. The zero-order chi connectivity index (χ0) is 17.0. The molecular weight excluding hydrogens is 288 g/mol. The van der Waals surface area contributed by atoms with Crippen molar-refractivity contribution in [3.8, 4) is 0 Å². The van der Waals surface area contributed by atoms with Crippen molar-refractivity contribution >= 4 is 5.91 Å². The molecule has 1 aromatic carbocycles. The van der Waals surface area contributed by atoms with Gasteiger partial charge in [-0.3, -0.25) is 9.48 Å². The minimum atomic E-state index is 0.0313. The van der Waals surface area contributed by atoms with Gasteiger partial charge in [0.25, 0.3) is 0 Å². The highest BCUT2D eigenvalue weighted by Crippen LogP contribution is 2.13. The van der Waals surface area contributed by atoms with Gasteiger partial charge < -0.3 is 10.2 Å². The fourth-order valence-electron chi connectivity index (χ4n) is 2.72. The number of aromatic nitrogens is 2. The van der Waals surface area contributed by atoms with Crippen molar-refractivity contribution in [1.29, 1.82) is 0 Å². The number of carbonyl (C=O) groups is 1. The van der Waals surface area contributed by atoms with Gasteiger partial charge in [0.15, 0.2) is 0 Å². The molecule has 2 rings (SSSR count). The third-order valence-corrected chi connectivity index (χ3v) is 4.08. The zero-order valence-corrected chi connectivity index (χ0v) is 14.7.